The molecule has 0 bridgehead atoms. The molecule has 0 fully saturated rings. The molecule has 0 aromatic carbocycles. The highest BCUT2D eigenvalue weighted by Gasteiger charge is 2.15. The van der Waals surface area contributed by atoms with E-state index in [-0.39, 0.29) is 12.1 Å². The average molecular weight is 298 g/mol. The monoisotopic (exact) mass is 298 g/mol. The van der Waals surface area contributed by atoms with Crippen LogP contribution in [-0.4, -0.2) is 30.9 Å². The maximum Gasteiger partial charge on any atom is 0.240 e. The largest absolute Gasteiger partial charge is 0.337 e. The summed E-state index contributed by atoms with van der Waals surface area (Å²) in [5, 5.41) is 11.6. The maximum atomic E-state index is 5.25. The van der Waals surface area contributed by atoms with Crippen LogP contribution >= 0.6 is 0 Å². The van der Waals surface area contributed by atoms with E-state index in [0.29, 0.717) is 24.0 Å². The summed E-state index contributed by atoms with van der Waals surface area (Å²) in [5.41, 5.74) is 0.704. The van der Waals surface area contributed by atoms with E-state index in [1.54, 1.807) is 12.4 Å². The fraction of sp³-hybridized carbons (Fsp3) is 0.333. The summed E-state index contributed by atoms with van der Waals surface area (Å²) < 4.78 is 7.18. The summed E-state index contributed by atoms with van der Waals surface area (Å²) >= 11 is 0. The van der Waals surface area contributed by atoms with Crippen LogP contribution in [0.2, 0.25) is 0 Å². The third-order valence-corrected chi connectivity index (χ3v) is 3.60. The summed E-state index contributed by atoms with van der Waals surface area (Å²) in [4.78, 5) is 8.55. The minimum Gasteiger partial charge on any atom is -0.337 e. The molecule has 0 aliphatic rings. The second-order valence-electron chi connectivity index (χ2n) is 5.12. The van der Waals surface area contributed by atoms with E-state index in [1.807, 2.05) is 35.1 Å². The van der Waals surface area contributed by atoms with E-state index in [0.717, 1.165) is 0 Å². The molecule has 114 valence electrons. The van der Waals surface area contributed by atoms with Gasteiger partial charge in [-0.15, -0.1) is 0 Å². The Morgan fingerprint density at radius 3 is 2.86 bits per heavy atom. The van der Waals surface area contributed by atoms with Crippen molar-refractivity contribution in [3.8, 4) is 11.5 Å². The lowest BCUT2D eigenvalue weighted by molar-refractivity contribution is 0.325. The summed E-state index contributed by atoms with van der Waals surface area (Å²) in [6.45, 7) is 4.72. The van der Waals surface area contributed by atoms with E-state index >= 15 is 0 Å². The van der Waals surface area contributed by atoms with Crippen molar-refractivity contribution >= 4 is 0 Å². The molecular weight excluding hydrogens is 280 g/mol. The average Bonchev–Trinajstić information content (AvgIpc) is 3.24. The Labute approximate surface area is 128 Å². The Hall–Kier alpha value is -2.54. The van der Waals surface area contributed by atoms with Crippen molar-refractivity contribution in [1.29, 1.82) is 0 Å². The molecule has 2 atom stereocenters. The summed E-state index contributed by atoms with van der Waals surface area (Å²) in [7, 11) is 0. The first-order chi connectivity index (χ1) is 10.7. The van der Waals surface area contributed by atoms with Crippen LogP contribution in [0.5, 0.6) is 0 Å². The van der Waals surface area contributed by atoms with Gasteiger partial charge in [0.25, 0.3) is 0 Å². The molecule has 0 saturated heterocycles. The first-order valence-electron chi connectivity index (χ1n) is 7.20. The SMILES string of the molecule is C[C@H]([C@@H](C)NCc1nc(-c2ccccn2)no1)n1cccn1. The number of hydrogen-bond acceptors (Lipinski definition) is 6. The lowest BCUT2D eigenvalue weighted by Gasteiger charge is -2.20. The van der Waals surface area contributed by atoms with Gasteiger partial charge in [0, 0.05) is 24.6 Å². The Kier molecular flexibility index (Phi) is 4.24. The van der Waals surface area contributed by atoms with Crippen LogP contribution in [0, 0.1) is 0 Å². The molecule has 1 N–H and O–H groups in total. The predicted octanol–water partition coefficient (Wildman–Crippen LogP) is 2.07. The zero-order valence-electron chi connectivity index (χ0n) is 12.5. The van der Waals surface area contributed by atoms with Crippen LogP contribution in [0.4, 0.5) is 0 Å². The van der Waals surface area contributed by atoms with Crippen LogP contribution in [-0.2, 0) is 6.54 Å². The first kappa shape index (κ1) is 14.4. The van der Waals surface area contributed by atoms with Crippen molar-refractivity contribution in [2.24, 2.45) is 0 Å². The zero-order chi connectivity index (χ0) is 15.4. The van der Waals surface area contributed by atoms with Gasteiger partial charge >= 0.3 is 0 Å². The molecule has 0 amide bonds. The van der Waals surface area contributed by atoms with E-state index in [9.17, 15) is 0 Å². The number of pyridine rings is 1. The summed E-state index contributed by atoms with van der Waals surface area (Å²) in [6, 6.07) is 7.96. The van der Waals surface area contributed by atoms with Gasteiger partial charge in [-0.25, -0.2) is 0 Å². The normalized spacial score (nSPS) is 13.9. The number of rotatable bonds is 6. The highest BCUT2D eigenvalue weighted by molar-refractivity contribution is 5.46. The maximum absolute atomic E-state index is 5.25. The fourth-order valence-electron chi connectivity index (χ4n) is 2.10. The smallest absolute Gasteiger partial charge is 0.240 e. The molecule has 0 radical (unpaired) electrons. The molecular formula is C15H18N6O. The lowest BCUT2D eigenvalue weighted by atomic mass is 10.2. The zero-order valence-corrected chi connectivity index (χ0v) is 12.5. The van der Waals surface area contributed by atoms with Crippen LogP contribution in [0.1, 0.15) is 25.8 Å². The van der Waals surface area contributed by atoms with Gasteiger partial charge in [0.2, 0.25) is 11.7 Å². The van der Waals surface area contributed by atoms with Gasteiger partial charge in [-0.3, -0.25) is 9.67 Å². The van der Waals surface area contributed by atoms with Crippen LogP contribution in [0.15, 0.2) is 47.4 Å². The predicted molar refractivity (Wildman–Crippen MR) is 80.8 cm³/mol. The van der Waals surface area contributed by atoms with Crippen molar-refractivity contribution in [2.45, 2.75) is 32.5 Å². The van der Waals surface area contributed by atoms with Gasteiger partial charge in [-0.1, -0.05) is 11.2 Å². The van der Waals surface area contributed by atoms with Crippen molar-refractivity contribution in [1.82, 2.24) is 30.2 Å². The number of aromatic nitrogens is 5. The summed E-state index contributed by atoms with van der Waals surface area (Å²) in [6.07, 6.45) is 5.44. The third-order valence-electron chi connectivity index (χ3n) is 3.60. The molecule has 3 aromatic heterocycles. The van der Waals surface area contributed by atoms with Crippen molar-refractivity contribution in [3.63, 3.8) is 0 Å². The van der Waals surface area contributed by atoms with E-state index in [2.05, 4.69) is 39.4 Å². The second-order valence-corrected chi connectivity index (χ2v) is 5.12. The lowest BCUT2D eigenvalue weighted by Crippen LogP contribution is -2.33. The Morgan fingerprint density at radius 1 is 1.23 bits per heavy atom. The molecule has 3 aromatic rings. The van der Waals surface area contributed by atoms with E-state index in [4.69, 9.17) is 4.52 Å². The van der Waals surface area contributed by atoms with Crippen molar-refractivity contribution in [2.75, 3.05) is 0 Å². The molecule has 0 spiro atoms. The minimum atomic E-state index is 0.213. The Balaban J connectivity index is 1.59. The topological polar surface area (TPSA) is 81.7 Å². The number of hydrogen-bond donors (Lipinski definition) is 1. The van der Waals surface area contributed by atoms with Crippen LogP contribution in [0.3, 0.4) is 0 Å². The standard InChI is InChI=1S/C15H18N6O/c1-11(12(2)21-9-5-8-18-21)17-10-14-19-15(20-22-14)13-6-3-4-7-16-13/h3-9,11-12,17H,10H2,1-2H3/t11-,12-/m1/s1. The number of nitrogens with zero attached hydrogens (tertiary/aromatic N) is 5. The van der Waals surface area contributed by atoms with Gasteiger partial charge in [0.1, 0.15) is 5.69 Å². The molecule has 0 unspecified atom stereocenters. The second kappa shape index (κ2) is 6.48. The number of nitrogens with one attached hydrogen (secondary N) is 1. The van der Waals surface area contributed by atoms with E-state index in [1.165, 1.54) is 0 Å². The fourth-order valence-corrected chi connectivity index (χ4v) is 2.10. The van der Waals surface area contributed by atoms with Crippen LogP contribution < -0.4 is 5.32 Å². The van der Waals surface area contributed by atoms with Gasteiger partial charge in [0.05, 0.1) is 12.6 Å². The molecule has 7 nitrogen and oxygen atoms in total. The van der Waals surface area contributed by atoms with Gasteiger partial charge < -0.3 is 9.84 Å². The molecule has 3 heterocycles. The Bertz CT molecular complexity index is 694. The molecule has 22 heavy (non-hydrogen) atoms. The van der Waals surface area contributed by atoms with Gasteiger partial charge in [-0.05, 0) is 32.0 Å². The first-order valence-corrected chi connectivity index (χ1v) is 7.20. The van der Waals surface area contributed by atoms with Gasteiger partial charge in [0.15, 0.2) is 0 Å². The van der Waals surface area contributed by atoms with Crippen LogP contribution in [0.25, 0.3) is 11.5 Å². The molecule has 3 rings (SSSR count). The quantitative estimate of drug-likeness (QED) is 0.750. The van der Waals surface area contributed by atoms with E-state index < -0.39 is 0 Å². The third kappa shape index (κ3) is 3.20. The summed E-state index contributed by atoms with van der Waals surface area (Å²) in [5.74, 6) is 1.05. The molecule has 7 heteroatoms. The molecule has 0 aliphatic heterocycles. The van der Waals surface area contributed by atoms with Gasteiger partial charge in [-0.2, -0.15) is 10.1 Å². The Morgan fingerprint density at radius 2 is 2.14 bits per heavy atom. The van der Waals surface area contributed by atoms with Crippen molar-refractivity contribution in [3.05, 3.63) is 48.7 Å². The highest BCUT2D eigenvalue weighted by atomic mass is 16.5. The molecule has 0 saturated carbocycles. The van der Waals surface area contributed by atoms with Crippen molar-refractivity contribution < 1.29 is 4.52 Å². The highest BCUT2D eigenvalue weighted by Crippen LogP contribution is 2.13. The molecule has 0 aliphatic carbocycles. The minimum absolute atomic E-state index is 0.213.